The van der Waals surface area contributed by atoms with Crippen LogP contribution in [0.5, 0.6) is 0 Å². The molecule has 0 aliphatic heterocycles. The quantitative estimate of drug-likeness (QED) is 0.725. The first-order valence-corrected chi connectivity index (χ1v) is 8.40. The highest BCUT2D eigenvalue weighted by molar-refractivity contribution is 5.96. The Bertz CT molecular complexity index is 711. The molecule has 2 atom stereocenters. The van der Waals surface area contributed by atoms with Gasteiger partial charge in [0.2, 0.25) is 11.8 Å². The van der Waals surface area contributed by atoms with Crippen LogP contribution in [0.1, 0.15) is 42.7 Å². The zero-order valence-electron chi connectivity index (χ0n) is 14.8. The van der Waals surface area contributed by atoms with Gasteiger partial charge in [-0.15, -0.1) is 0 Å². The summed E-state index contributed by atoms with van der Waals surface area (Å²) in [6, 6.07) is 16.3. The zero-order valence-corrected chi connectivity index (χ0v) is 14.8. The molecule has 0 radical (unpaired) electrons. The minimum absolute atomic E-state index is 0.0826. The molecule has 2 aromatic carbocycles. The van der Waals surface area contributed by atoms with E-state index in [0.717, 1.165) is 5.56 Å². The number of carbonyl (C=O) groups is 2. The van der Waals surface area contributed by atoms with E-state index in [1.165, 1.54) is 0 Å². The van der Waals surface area contributed by atoms with Gasteiger partial charge in [-0.1, -0.05) is 44.2 Å². The predicted molar refractivity (Wildman–Crippen MR) is 100 cm³/mol. The minimum atomic E-state index is -0.490. The highest BCUT2D eigenvalue weighted by Gasteiger charge is 2.21. The second kappa shape index (κ2) is 8.44. The number of hydrogen-bond donors (Lipinski definition) is 3. The van der Waals surface area contributed by atoms with Crippen LogP contribution in [0.3, 0.4) is 0 Å². The fourth-order valence-electron chi connectivity index (χ4n) is 2.65. The fraction of sp³-hybridized carbons (Fsp3) is 0.300. The van der Waals surface area contributed by atoms with Crippen LogP contribution in [-0.4, -0.2) is 17.9 Å². The smallest absolute Gasteiger partial charge is 0.248 e. The van der Waals surface area contributed by atoms with Gasteiger partial charge in [-0.25, -0.2) is 0 Å². The predicted octanol–water partition coefficient (Wildman–Crippen LogP) is 3.10. The summed E-state index contributed by atoms with van der Waals surface area (Å²) in [5.74, 6) is -0.281. The van der Waals surface area contributed by atoms with Crippen molar-refractivity contribution >= 4 is 17.5 Å². The molecule has 0 fully saturated rings. The average molecular weight is 339 g/mol. The van der Waals surface area contributed by atoms with Gasteiger partial charge in [0, 0.05) is 17.3 Å². The second-order valence-corrected chi connectivity index (χ2v) is 6.45. The van der Waals surface area contributed by atoms with E-state index in [-0.39, 0.29) is 18.0 Å². The van der Waals surface area contributed by atoms with E-state index < -0.39 is 5.91 Å². The van der Waals surface area contributed by atoms with Gasteiger partial charge >= 0.3 is 0 Å². The normalized spacial score (nSPS) is 13.3. The first-order valence-electron chi connectivity index (χ1n) is 8.40. The number of rotatable bonds is 7. The van der Waals surface area contributed by atoms with E-state index in [0.29, 0.717) is 17.2 Å². The van der Waals surface area contributed by atoms with Crippen molar-refractivity contribution in [2.24, 2.45) is 11.7 Å². The Labute approximate surface area is 148 Å². The highest BCUT2D eigenvalue weighted by atomic mass is 16.2. The molecule has 4 N–H and O–H groups in total. The van der Waals surface area contributed by atoms with Crippen molar-refractivity contribution in [1.82, 2.24) is 5.32 Å². The lowest BCUT2D eigenvalue weighted by Gasteiger charge is -2.26. The highest BCUT2D eigenvalue weighted by Crippen LogP contribution is 2.22. The molecule has 0 unspecified atom stereocenters. The van der Waals surface area contributed by atoms with Crippen molar-refractivity contribution in [1.29, 1.82) is 0 Å². The molecule has 5 heteroatoms. The lowest BCUT2D eigenvalue weighted by atomic mass is 9.95. The standard InChI is InChI=1S/C20H25N3O2/c1-13(2)18(15-7-5-4-6-8-15)22-14(3)20(25)23-17-11-9-16(10-12-17)19(21)24/h4-14,18,22H,1-3H3,(H2,21,24)(H,23,25)/t14-,18+/m0/s1. The Morgan fingerprint density at radius 2 is 1.52 bits per heavy atom. The molecule has 0 aliphatic carbocycles. The molecular formula is C20H25N3O2. The van der Waals surface area contributed by atoms with E-state index in [2.05, 4.69) is 36.6 Å². The van der Waals surface area contributed by atoms with Crippen LogP contribution in [-0.2, 0) is 4.79 Å². The van der Waals surface area contributed by atoms with E-state index in [1.807, 2.05) is 25.1 Å². The van der Waals surface area contributed by atoms with E-state index in [9.17, 15) is 9.59 Å². The molecule has 0 heterocycles. The Morgan fingerprint density at radius 3 is 2.04 bits per heavy atom. The monoisotopic (exact) mass is 339 g/mol. The molecule has 2 aromatic rings. The van der Waals surface area contributed by atoms with Gasteiger partial charge in [0.15, 0.2) is 0 Å². The van der Waals surface area contributed by atoms with Gasteiger partial charge in [0.1, 0.15) is 0 Å². The number of amides is 2. The van der Waals surface area contributed by atoms with Crippen LogP contribution in [0.4, 0.5) is 5.69 Å². The molecule has 2 rings (SSSR count). The number of benzene rings is 2. The molecule has 0 bridgehead atoms. The summed E-state index contributed by atoms with van der Waals surface area (Å²) in [6.07, 6.45) is 0. The third-order valence-corrected chi connectivity index (χ3v) is 4.09. The summed E-state index contributed by atoms with van der Waals surface area (Å²) in [4.78, 5) is 23.5. The number of anilines is 1. The molecule has 0 aliphatic rings. The lowest BCUT2D eigenvalue weighted by molar-refractivity contribution is -0.118. The molecule has 0 spiro atoms. The van der Waals surface area contributed by atoms with E-state index >= 15 is 0 Å². The van der Waals surface area contributed by atoms with Crippen LogP contribution in [0.25, 0.3) is 0 Å². The van der Waals surface area contributed by atoms with Crippen LogP contribution in [0, 0.1) is 5.92 Å². The molecule has 5 nitrogen and oxygen atoms in total. The number of primary amides is 1. The SMILES string of the molecule is CC(C)[C@@H](N[C@@H](C)C(=O)Nc1ccc(C(N)=O)cc1)c1ccccc1. The number of nitrogens with one attached hydrogen (secondary N) is 2. The minimum Gasteiger partial charge on any atom is -0.366 e. The maximum Gasteiger partial charge on any atom is 0.248 e. The Hall–Kier alpha value is -2.66. The van der Waals surface area contributed by atoms with Gasteiger partial charge in [0.05, 0.1) is 6.04 Å². The van der Waals surface area contributed by atoms with Gasteiger partial charge in [-0.2, -0.15) is 0 Å². The van der Waals surface area contributed by atoms with Gasteiger partial charge < -0.3 is 11.1 Å². The number of hydrogen-bond acceptors (Lipinski definition) is 3. The lowest BCUT2D eigenvalue weighted by Crippen LogP contribution is -2.41. The van der Waals surface area contributed by atoms with Crippen molar-refractivity contribution in [2.45, 2.75) is 32.9 Å². The largest absolute Gasteiger partial charge is 0.366 e. The van der Waals surface area contributed by atoms with Crippen molar-refractivity contribution in [3.63, 3.8) is 0 Å². The third kappa shape index (κ3) is 5.16. The van der Waals surface area contributed by atoms with E-state index in [4.69, 9.17) is 5.73 Å². The van der Waals surface area contributed by atoms with Crippen LogP contribution in [0.2, 0.25) is 0 Å². The molecule has 132 valence electrons. The van der Waals surface area contributed by atoms with Gasteiger partial charge in [0.25, 0.3) is 0 Å². The molecule has 0 saturated heterocycles. The third-order valence-electron chi connectivity index (χ3n) is 4.09. The van der Waals surface area contributed by atoms with Crippen molar-refractivity contribution in [3.8, 4) is 0 Å². The summed E-state index contributed by atoms with van der Waals surface area (Å²) in [6.45, 7) is 6.08. The summed E-state index contributed by atoms with van der Waals surface area (Å²) in [7, 11) is 0. The fourth-order valence-corrected chi connectivity index (χ4v) is 2.65. The second-order valence-electron chi connectivity index (χ2n) is 6.45. The molecule has 2 amide bonds. The molecular weight excluding hydrogens is 314 g/mol. The molecule has 0 saturated carbocycles. The maximum absolute atomic E-state index is 12.5. The first-order chi connectivity index (χ1) is 11.9. The average Bonchev–Trinajstić information content (AvgIpc) is 2.60. The zero-order chi connectivity index (χ0) is 18.4. The van der Waals surface area contributed by atoms with Crippen molar-refractivity contribution in [2.75, 3.05) is 5.32 Å². The van der Waals surface area contributed by atoms with Crippen LogP contribution >= 0.6 is 0 Å². The molecule has 25 heavy (non-hydrogen) atoms. The summed E-state index contributed by atoms with van der Waals surface area (Å²) in [5.41, 5.74) is 7.41. The number of carbonyl (C=O) groups excluding carboxylic acids is 2. The first kappa shape index (κ1) is 18.7. The van der Waals surface area contributed by atoms with Crippen LogP contribution < -0.4 is 16.4 Å². The van der Waals surface area contributed by atoms with Crippen LogP contribution in [0.15, 0.2) is 54.6 Å². The van der Waals surface area contributed by atoms with Gasteiger partial charge in [-0.3, -0.25) is 14.9 Å². The Morgan fingerprint density at radius 1 is 0.920 bits per heavy atom. The summed E-state index contributed by atoms with van der Waals surface area (Å²) < 4.78 is 0. The number of nitrogens with two attached hydrogens (primary N) is 1. The van der Waals surface area contributed by atoms with Crippen molar-refractivity contribution in [3.05, 3.63) is 65.7 Å². The topological polar surface area (TPSA) is 84.2 Å². The maximum atomic E-state index is 12.5. The van der Waals surface area contributed by atoms with Crippen molar-refractivity contribution < 1.29 is 9.59 Å². The Balaban J connectivity index is 2.02. The van der Waals surface area contributed by atoms with E-state index in [1.54, 1.807) is 24.3 Å². The Kier molecular flexibility index (Phi) is 6.31. The molecule has 0 aromatic heterocycles. The van der Waals surface area contributed by atoms with Gasteiger partial charge in [-0.05, 0) is 42.7 Å². The summed E-state index contributed by atoms with van der Waals surface area (Å²) >= 11 is 0. The summed E-state index contributed by atoms with van der Waals surface area (Å²) in [5, 5.41) is 6.25.